The van der Waals surface area contributed by atoms with E-state index < -0.39 is 11.5 Å². The molecule has 0 bridgehead atoms. The largest absolute Gasteiger partial charge is 0.481 e. The lowest BCUT2D eigenvalue weighted by Gasteiger charge is -2.28. The number of aryl methyl sites for hydroxylation is 3. The lowest BCUT2D eigenvalue weighted by Crippen LogP contribution is -2.51. The zero-order valence-electron chi connectivity index (χ0n) is 17.2. The fraction of sp³-hybridized carbons (Fsp3) is 0.526. The lowest BCUT2D eigenvalue weighted by atomic mass is 9.98. The molecule has 2 rings (SSSR count). The number of carboxylic acids is 1. The first kappa shape index (κ1) is 21.5. The molecular formula is C19H27N5O4. The third kappa shape index (κ3) is 5.13. The normalized spacial score (nSPS) is 13.2. The van der Waals surface area contributed by atoms with Gasteiger partial charge < -0.3 is 15.2 Å². The van der Waals surface area contributed by atoms with Crippen molar-refractivity contribution in [1.82, 2.24) is 25.1 Å². The second kappa shape index (κ2) is 8.47. The fourth-order valence-electron chi connectivity index (χ4n) is 3.25. The molecule has 0 saturated carbocycles. The molecule has 0 aliphatic rings. The molecule has 1 unspecified atom stereocenters. The van der Waals surface area contributed by atoms with Gasteiger partial charge in [0.25, 0.3) is 5.95 Å². The Bertz CT molecular complexity index is 872. The van der Waals surface area contributed by atoms with E-state index in [0.717, 1.165) is 22.6 Å². The summed E-state index contributed by atoms with van der Waals surface area (Å²) in [6, 6.07) is 1.88. The number of hydrogen-bond donors (Lipinski definition) is 2. The van der Waals surface area contributed by atoms with Crippen LogP contribution in [0, 0.1) is 27.7 Å². The van der Waals surface area contributed by atoms with E-state index in [-0.39, 0.29) is 25.4 Å². The average molecular weight is 389 g/mol. The number of aliphatic carboxylic acids is 1. The van der Waals surface area contributed by atoms with E-state index in [9.17, 15) is 9.59 Å². The summed E-state index contributed by atoms with van der Waals surface area (Å²) in [5, 5.41) is 16.4. The summed E-state index contributed by atoms with van der Waals surface area (Å²) < 4.78 is 6.71. The van der Waals surface area contributed by atoms with Crippen molar-refractivity contribution in [2.45, 2.75) is 53.0 Å². The van der Waals surface area contributed by atoms with Gasteiger partial charge in [0.1, 0.15) is 0 Å². The van der Waals surface area contributed by atoms with Crippen molar-refractivity contribution in [3.05, 3.63) is 34.4 Å². The number of rotatable bonds is 8. The molecule has 0 fully saturated rings. The minimum atomic E-state index is -1.01. The van der Waals surface area contributed by atoms with Crippen LogP contribution in [0.1, 0.15) is 41.7 Å². The molecule has 9 nitrogen and oxygen atoms in total. The van der Waals surface area contributed by atoms with Crippen LogP contribution in [0.15, 0.2) is 6.07 Å². The van der Waals surface area contributed by atoms with Crippen LogP contribution >= 0.6 is 0 Å². The third-order valence-electron chi connectivity index (χ3n) is 4.38. The molecular weight excluding hydrogens is 362 g/mol. The molecule has 2 N–H and O–H groups in total. The van der Waals surface area contributed by atoms with Gasteiger partial charge in [0, 0.05) is 29.8 Å². The highest BCUT2D eigenvalue weighted by atomic mass is 16.5. The maximum Gasteiger partial charge on any atom is 0.305 e. The third-order valence-corrected chi connectivity index (χ3v) is 4.38. The standard InChI is InChI=1S/C19H27N5O4/c1-11-7-12(2)21-18(20-11)24-14(4)15(13(3)23-24)8-16(25)22-19(5,10-28-6)9-17(26)27/h7H,8-10H2,1-6H3,(H,22,25)(H,26,27). The number of carbonyl (C=O) groups is 2. The van der Waals surface area contributed by atoms with Crippen LogP contribution in [-0.2, 0) is 20.7 Å². The van der Waals surface area contributed by atoms with E-state index >= 15 is 0 Å². The molecule has 2 aromatic heterocycles. The van der Waals surface area contributed by atoms with Gasteiger partial charge in [0.05, 0.1) is 30.7 Å². The highest BCUT2D eigenvalue weighted by molar-refractivity contribution is 5.81. The van der Waals surface area contributed by atoms with Gasteiger partial charge in [-0.15, -0.1) is 0 Å². The van der Waals surface area contributed by atoms with Crippen LogP contribution in [-0.4, -0.2) is 56.0 Å². The summed E-state index contributed by atoms with van der Waals surface area (Å²) in [7, 11) is 1.47. The van der Waals surface area contributed by atoms with E-state index in [0.29, 0.717) is 11.6 Å². The average Bonchev–Trinajstić information content (AvgIpc) is 2.81. The van der Waals surface area contributed by atoms with Crippen molar-refractivity contribution >= 4 is 11.9 Å². The second-order valence-electron chi connectivity index (χ2n) is 7.30. The van der Waals surface area contributed by atoms with Crippen molar-refractivity contribution < 1.29 is 19.4 Å². The van der Waals surface area contributed by atoms with Crippen molar-refractivity contribution in [3.8, 4) is 5.95 Å². The summed E-state index contributed by atoms with van der Waals surface area (Å²) in [5.41, 5.74) is 2.89. The Morgan fingerprint density at radius 3 is 2.36 bits per heavy atom. The monoisotopic (exact) mass is 389 g/mol. The van der Waals surface area contributed by atoms with Gasteiger partial charge in [-0.05, 0) is 40.7 Å². The molecule has 0 radical (unpaired) electrons. The first-order valence-electron chi connectivity index (χ1n) is 8.94. The van der Waals surface area contributed by atoms with Crippen LogP contribution in [0.3, 0.4) is 0 Å². The Morgan fingerprint density at radius 2 is 1.82 bits per heavy atom. The summed E-state index contributed by atoms with van der Waals surface area (Å²) in [6.45, 7) is 9.19. The molecule has 0 saturated heterocycles. The van der Waals surface area contributed by atoms with Crippen LogP contribution in [0.4, 0.5) is 0 Å². The summed E-state index contributed by atoms with van der Waals surface area (Å²) in [6.07, 6.45) is -0.165. The van der Waals surface area contributed by atoms with Crippen molar-refractivity contribution in [2.24, 2.45) is 0 Å². The molecule has 1 amide bonds. The zero-order valence-corrected chi connectivity index (χ0v) is 17.2. The molecule has 28 heavy (non-hydrogen) atoms. The number of carbonyl (C=O) groups excluding carboxylic acids is 1. The Balaban J connectivity index is 2.25. The Morgan fingerprint density at radius 1 is 1.21 bits per heavy atom. The summed E-state index contributed by atoms with van der Waals surface area (Å²) >= 11 is 0. The van der Waals surface area contributed by atoms with Gasteiger partial charge in [0.2, 0.25) is 5.91 Å². The quantitative estimate of drug-likeness (QED) is 0.701. The number of hydrogen-bond acceptors (Lipinski definition) is 6. The van der Waals surface area contributed by atoms with E-state index in [1.54, 1.807) is 11.6 Å². The van der Waals surface area contributed by atoms with Gasteiger partial charge in [-0.2, -0.15) is 5.10 Å². The van der Waals surface area contributed by atoms with Crippen molar-refractivity contribution in [3.63, 3.8) is 0 Å². The van der Waals surface area contributed by atoms with Crippen LogP contribution in [0.2, 0.25) is 0 Å². The van der Waals surface area contributed by atoms with Gasteiger partial charge in [-0.3, -0.25) is 9.59 Å². The smallest absolute Gasteiger partial charge is 0.305 e. The molecule has 0 aliphatic heterocycles. The Hall–Kier alpha value is -2.81. The molecule has 152 valence electrons. The van der Waals surface area contributed by atoms with Gasteiger partial charge in [0.15, 0.2) is 0 Å². The van der Waals surface area contributed by atoms with Crippen LogP contribution in [0.5, 0.6) is 0 Å². The first-order chi connectivity index (χ1) is 13.0. The maximum absolute atomic E-state index is 12.6. The van der Waals surface area contributed by atoms with E-state index in [1.165, 1.54) is 7.11 Å². The predicted octanol–water partition coefficient (Wildman–Crippen LogP) is 1.43. The summed E-state index contributed by atoms with van der Waals surface area (Å²) in [4.78, 5) is 32.6. The minimum Gasteiger partial charge on any atom is -0.481 e. The molecule has 1 atom stereocenters. The molecule has 0 aromatic carbocycles. The van der Waals surface area contributed by atoms with E-state index in [4.69, 9.17) is 9.84 Å². The summed E-state index contributed by atoms with van der Waals surface area (Å²) in [5.74, 6) is -0.847. The SMILES string of the molecule is COCC(C)(CC(=O)O)NC(=O)Cc1c(C)nn(-c2nc(C)cc(C)n2)c1C. The van der Waals surface area contributed by atoms with Gasteiger partial charge in [-0.25, -0.2) is 14.6 Å². The first-order valence-corrected chi connectivity index (χ1v) is 8.94. The minimum absolute atomic E-state index is 0.0708. The predicted molar refractivity (Wildman–Crippen MR) is 102 cm³/mol. The second-order valence-corrected chi connectivity index (χ2v) is 7.30. The van der Waals surface area contributed by atoms with E-state index in [1.807, 2.05) is 33.8 Å². The Kier molecular flexibility index (Phi) is 6.50. The lowest BCUT2D eigenvalue weighted by molar-refractivity contribution is -0.139. The highest BCUT2D eigenvalue weighted by Crippen LogP contribution is 2.18. The van der Waals surface area contributed by atoms with Gasteiger partial charge >= 0.3 is 5.97 Å². The van der Waals surface area contributed by atoms with Crippen LogP contribution in [0.25, 0.3) is 5.95 Å². The fourth-order valence-corrected chi connectivity index (χ4v) is 3.25. The number of aromatic nitrogens is 4. The number of nitrogens with one attached hydrogen (secondary N) is 1. The molecule has 9 heteroatoms. The van der Waals surface area contributed by atoms with Crippen molar-refractivity contribution in [2.75, 3.05) is 13.7 Å². The number of methoxy groups -OCH3 is 1. The molecule has 0 aliphatic carbocycles. The number of nitrogens with zero attached hydrogens (tertiary/aromatic N) is 4. The number of amides is 1. The Labute approximate surface area is 164 Å². The van der Waals surface area contributed by atoms with Crippen LogP contribution < -0.4 is 5.32 Å². The molecule has 2 heterocycles. The topological polar surface area (TPSA) is 119 Å². The maximum atomic E-state index is 12.6. The van der Waals surface area contributed by atoms with E-state index in [2.05, 4.69) is 20.4 Å². The molecule has 2 aromatic rings. The van der Waals surface area contributed by atoms with Crippen molar-refractivity contribution in [1.29, 1.82) is 0 Å². The number of ether oxygens (including phenoxy) is 1. The number of carboxylic acid groups (broad SMARTS) is 1. The zero-order chi connectivity index (χ0) is 21.1. The highest BCUT2D eigenvalue weighted by Gasteiger charge is 2.30. The van der Waals surface area contributed by atoms with Gasteiger partial charge in [-0.1, -0.05) is 0 Å². The molecule has 0 spiro atoms.